The van der Waals surface area contributed by atoms with Gasteiger partial charge in [0.1, 0.15) is 11.7 Å². The molecule has 0 N–H and O–H groups in total. The molecule has 0 aliphatic carbocycles. The molecular formula is C12H20ClNO4. The lowest BCUT2D eigenvalue weighted by molar-refractivity contribution is 0.0265. The standard InChI is InChI=1S/C12H20ClNO4/c1-11(2,3)18-10(16)14-6-8(17-9(13)15)12(4,5)7-14/h8H,6-7H2,1-5H3. The molecule has 0 radical (unpaired) electrons. The zero-order valence-electron chi connectivity index (χ0n) is 11.4. The molecule has 5 nitrogen and oxygen atoms in total. The number of amides is 1. The summed E-state index contributed by atoms with van der Waals surface area (Å²) in [6, 6.07) is 0. The second-order valence-corrected chi connectivity index (χ2v) is 6.50. The van der Waals surface area contributed by atoms with E-state index in [0.717, 1.165) is 0 Å². The number of carbonyl (C=O) groups is 2. The van der Waals surface area contributed by atoms with E-state index in [1.165, 1.54) is 4.90 Å². The fraction of sp³-hybridized carbons (Fsp3) is 0.833. The van der Waals surface area contributed by atoms with Crippen LogP contribution in [0.1, 0.15) is 34.6 Å². The molecule has 1 fully saturated rings. The Balaban J connectivity index is 2.67. The topological polar surface area (TPSA) is 55.8 Å². The number of halogens is 1. The van der Waals surface area contributed by atoms with E-state index in [1.54, 1.807) is 0 Å². The van der Waals surface area contributed by atoms with Crippen molar-refractivity contribution in [2.75, 3.05) is 13.1 Å². The van der Waals surface area contributed by atoms with E-state index in [9.17, 15) is 9.59 Å². The molecule has 1 heterocycles. The Bertz CT molecular complexity index is 348. The Kier molecular flexibility index (Phi) is 4.15. The van der Waals surface area contributed by atoms with E-state index < -0.39 is 23.2 Å². The smallest absolute Gasteiger partial charge is 0.410 e. The van der Waals surface area contributed by atoms with E-state index in [4.69, 9.17) is 21.1 Å². The van der Waals surface area contributed by atoms with Crippen molar-refractivity contribution in [1.29, 1.82) is 0 Å². The van der Waals surface area contributed by atoms with Gasteiger partial charge in [-0.25, -0.2) is 9.59 Å². The lowest BCUT2D eigenvalue weighted by atomic mass is 9.90. The van der Waals surface area contributed by atoms with Crippen LogP contribution in [-0.2, 0) is 9.47 Å². The van der Waals surface area contributed by atoms with Crippen LogP contribution < -0.4 is 0 Å². The van der Waals surface area contributed by atoms with Gasteiger partial charge in [0.25, 0.3) is 0 Å². The van der Waals surface area contributed by atoms with Crippen LogP contribution in [0.25, 0.3) is 0 Å². The molecule has 1 aliphatic heterocycles. The Hall–Kier alpha value is -0.970. The zero-order chi connectivity index (χ0) is 14.1. The summed E-state index contributed by atoms with van der Waals surface area (Å²) in [7, 11) is 0. The summed E-state index contributed by atoms with van der Waals surface area (Å²) in [4.78, 5) is 24.2. The van der Waals surface area contributed by atoms with Gasteiger partial charge in [0, 0.05) is 23.6 Å². The summed E-state index contributed by atoms with van der Waals surface area (Å²) in [5.74, 6) is 0. The van der Waals surface area contributed by atoms with E-state index >= 15 is 0 Å². The maximum Gasteiger partial charge on any atom is 0.410 e. The maximum absolute atomic E-state index is 11.9. The van der Waals surface area contributed by atoms with Crippen molar-refractivity contribution in [3.8, 4) is 0 Å². The Labute approximate surface area is 112 Å². The highest BCUT2D eigenvalue weighted by atomic mass is 35.5. The number of hydrogen-bond acceptors (Lipinski definition) is 4. The fourth-order valence-corrected chi connectivity index (χ4v) is 1.99. The summed E-state index contributed by atoms with van der Waals surface area (Å²) in [5, 5.41) is 0. The molecule has 0 saturated carbocycles. The summed E-state index contributed by atoms with van der Waals surface area (Å²) < 4.78 is 10.3. The van der Waals surface area contributed by atoms with Crippen molar-refractivity contribution in [3.05, 3.63) is 0 Å². The summed E-state index contributed by atoms with van der Waals surface area (Å²) >= 11 is 5.22. The van der Waals surface area contributed by atoms with E-state index in [2.05, 4.69) is 0 Å². The molecule has 6 heteroatoms. The quantitative estimate of drug-likeness (QED) is 0.692. The fourth-order valence-electron chi connectivity index (χ4n) is 1.88. The largest absolute Gasteiger partial charge is 0.448 e. The molecule has 1 saturated heterocycles. The second-order valence-electron chi connectivity index (χ2n) is 6.19. The molecule has 0 aromatic carbocycles. The maximum atomic E-state index is 11.9. The van der Waals surface area contributed by atoms with Crippen molar-refractivity contribution in [2.45, 2.75) is 46.3 Å². The number of hydrogen-bond donors (Lipinski definition) is 0. The van der Waals surface area contributed by atoms with Gasteiger partial charge in [0.2, 0.25) is 0 Å². The molecule has 1 unspecified atom stereocenters. The third kappa shape index (κ3) is 4.05. The second kappa shape index (κ2) is 4.96. The van der Waals surface area contributed by atoms with Crippen LogP contribution in [0.3, 0.4) is 0 Å². The van der Waals surface area contributed by atoms with Crippen LogP contribution >= 0.6 is 11.6 Å². The first-order chi connectivity index (χ1) is 8.01. The number of ether oxygens (including phenoxy) is 2. The third-order valence-electron chi connectivity index (χ3n) is 2.74. The first-order valence-corrected chi connectivity index (χ1v) is 6.23. The van der Waals surface area contributed by atoms with Crippen LogP contribution in [0.5, 0.6) is 0 Å². The number of likely N-dealkylation sites (tertiary alicyclic amines) is 1. The summed E-state index contributed by atoms with van der Waals surface area (Å²) in [5.41, 5.74) is -1.72. The van der Waals surface area contributed by atoms with Crippen LogP contribution in [0, 0.1) is 5.41 Å². The molecular weight excluding hydrogens is 258 g/mol. The lowest BCUT2D eigenvalue weighted by Crippen LogP contribution is -2.36. The monoisotopic (exact) mass is 277 g/mol. The van der Waals surface area contributed by atoms with Gasteiger partial charge in [-0.15, -0.1) is 0 Å². The van der Waals surface area contributed by atoms with E-state index in [-0.39, 0.29) is 5.41 Å². The van der Waals surface area contributed by atoms with Gasteiger partial charge in [0.15, 0.2) is 0 Å². The molecule has 0 bridgehead atoms. The molecule has 0 spiro atoms. The number of rotatable bonds is 1. The van der Waals surface area contributed by atoms with Crippen LogP contribution in [0.2, 0.25) is 0 Å². The molecule has 0 aromatic heterocycles. The molecule has 1 aliphatic rings. The van der Waals surface area contributed by atoms with Gasteiger partial charge < -0.3 is 14.4 Å². The molecule has 1 rings (SSSR count). The normalized spacial score (nSPS) is 22.8. The van der Waals surface area contributed by atoms with Gasteiger partial charge in [-0.1, -0.05) is 13.8 Å². The Morgan fingerprint density at radius 1 is 1.33 bits per heavy atom. The molecule has 1 atom stereocenters. The van der Waals surface area contributed by atoms with E-state index in [1.807, 2.05) is 34.6 Å². The van der Waals surface area contributed by atoms with Crippen LogP contribution in [0.4, 0.5) is 9.59 Å². The molecule has 0 aromatic rings. The molecule has 104 valence electrons. The minimum Gasteiger partial charge on any atom is -0.448 e. The third-order valence-corrected chi connectivity index (χ3v) is 2.83. The van der Waals surface area contributed by atoms with Crippen molar-refractivity contribution < 1.29 is 19.1 Å². The number of carbonyl (C=O) groups excluding carboxylic acids is 2. The molecule has 1 amide bonds. The van der Waals surface area contributed by atoms with Crippen molar-refractivity contribution >= 4 is 23.1 Å². The molecule has 18 heavy (non-hydrogen) atoms. The van der Waals surface area contributed by atoms with E-state index in [0.29, 0.717) is 13.1 Å². The van der Waals surface area contributed by atoms with Crippen LogP contribution in [0.15, 0.2) is 0 Å². The first-order valence-electron chi connectivity index (χ1n) is 5.85. The average Bonchev–Trinajstić information content (AvgIpc) is 2.38. The Morgan fingerprint density at radius 3 is 2.33 bits per heavy atom. The number of nitrogens with zero attached hydrogens (tertiary/aromatic N) is 1. The van der Waals surface area contributed by atoms with Gasteiger partial charge in [-0.2, -0.15) is 0 Å². The van der Waals surface area contributed by atoms with Crippen molar-refractivity contribution in [2.24, 2.45) is 5.41 Å². The van der Waals surface area contributed by atoms with Gasteiger partial charge in [0.05, 0.1) is 6.54 Å². The first kappa shape index (κ1) is 15.1. The highest BCUT2D eigenvalue weighted by Crippen LogP contribution is 2.33. The minimum atomic E-state index is -0.848. The predicted molar refractivity (Wildman–Crippen MR) is 67.7 cm³/mol. The van der Waals surface area contributed by atoms with Crippen LogP contribution in [-0.4, -0.2) is 41.2 Å². The minimum absolute atomic E-state index is 0.306. The predicted octanol–water partition coefficient (Wildman–Crippen LogP) is 3.01. The zero-order valence-corrected chi connectivity index (χ0v) is 12.2. The van der Waals surface area contributed by atoms with Gasteiger partial charge in [-0.05, 0) is 20.8 Å². The van der Waals surface area contributed by atoms with Gasteiger partial charge >= 0.3 is 11.5 Å². The average molecular weight is 278 g/mol. The SMILES string of the molecule is CC(C)(C)OC(=O)N1CC(OC(=O)Cl)C(C)(C)C1. The van der Waals surface area contributed by atoms with Crippen molar-refractivity contribution in [1.82, 2.24) is 4.90 Å². The summed E-state index contributed by atoms with van der Waals surface area (Å²) in [6.07, 6.45) is -0.807. The Morgan fingerprint density at radius 2 is 1.89 bits per heavy atom. The highest BCUT2D eigenvalue weighted by Gasteiger charge is 2.44. The van der Waals surface area contributed by atoms with Crippen molar-refractivity contribution in [3.63, 3.8) is 0 Å². The van der Waals surface area contributed by atoms with Gasteiger partial charge in [-0.3, -0.25) is 0 Å². The lowest BCUT2D eigenvalue weighted by Gasteiger charge is -2.25. The highest BCUT2D eigenvalue weighted by molar-refractivity contribution is 6.61. The summed E-state index contributed by atoms with van der Waals surface area (Å²) in [6.45, 7) is 10.0.